The van der Waals surface area contributed by atoms with Gasteiger partial charge in [-0.05, 0) is 69.1 Å². The van der Waals surface area contributed by atoms with Crippen molar-refractivity contribution in [2.24, 2.45) is 17.5 Å². The largest absolute Gasteiger partial charge is 0.432 e. The van der Waals surface area contributed by atoms with E-state index in [1.165, 1.54) is 35.2 Å². The molecule has 2 aliphatic rings. The monoisotopic (exact) mass is 696 g/mol. The van der Waals surface area contributed by atoms with Crippen molar-refractivity contribution in [2.75, 3.05) is 23.4 Å². The molecule has 1 amide bonds. The number of nitrogens with two attached hydrogens (primary N) is 2. The van der Waals surface area contributed by atoms with Crippen molar-refractivity contribution in [3.63, 3.8) is 0 Å². The van der Waals surface area contributed by atoms with Crippen LogP contribution < -0.4 is 32.8 Å². The van der Waals surface area contributed by atoms with Gasteiger partial charge in [-0.2, -0.15) is 18.3 Å². The van der Waals surface area contributed by atoms with Crippen molar-refractivity contribution in [2.45, 2.75) is 57.3 Å². The summed E-state index contributed by atoms with van der Waals surface area (Å²) in [6, 6.07) is 8.93. The first-order valence-corrected chi connectivity index (χ1v) is 16.3. The highest BCUT2D eigenvalue weighted by atomic mass is 35.5. The third-order valence-electron chi connectivity index (χ3n) is 8.92. The summed E-state index contributed by atoms with van der Waals surface area (Å²) in [5.74, 6) is 5.54. The number of rotatable bonds is 5. The number of piperidine rings is 1. The minimum absolute atomic E-state index is 0.0913. The second kappa shape index (κ2) is 14.0. The van der Waals surface area contributed by atoms with E-state index in [2.05, 4.69) is 20.6 Å². The Morgan fingerprint density at radius 3 is 2.59 bits per heavy atom. The van der Waals surface area contributed by atoms with Crippen molar-refractivity contribution in [3.05, 3.63) is 88.1 Å². The number of allylic oxidation sites excluding steroid dienone is 1. The zero-order valence-corrected chi connectivity index (χ0v) is 27.4. The number of anilines is 2. The fourth-order valence-corrected chi connectivity index (χ4v) is 6.36. The Hall–Kier alpha value is -4.73. The van der Waals surface area contributed by atoms with Crippen LogP contribution >= 0.6 is 11.6 Å². The van der Waals surface area contributed by atoms with E-state index in [0.29, 0.717) is 47.5 Å². The number of halogens is 4. The number of carbonyl (C=O) groups is 1. The molecule has 4 aromatic rings. The molecule has 6 N–H and O–H groups in total. The van der Waals surface area contributed by atoms with Crippen LogP contribution in [0.4, 0.5) is 24.5 Å². The number of aromatic nitrogens is 5. The van der Waals surface area contributed by atoms with Gasteiger partial charge in [-0.25, -0.2) is 10.8 Å². The lowest BCUT2D eigenvalue weighted by Crippen LogP contribution is -2.30. The molecule has 1 fully saturated rings. The second-order valence-electron chi connectivity index (χ2n) is 12.3. The third kappa shape index (κ3) is 7.48. The molecule has 2 aliphatic heterocycles. The van der Waals surface area contributed by atoms with Gasteiger partial charge in [0.25, 0.3) is 5.56 Å². The highest BCUT2D eigenvalue weighted by Gasteiger charge is 2.32. The Bertz CT molecular complexity index is 1940. The van der Waals surface area contributed by atoms with Crippen molar-refractivity contribution in [1.29, 1.82) is 0 Å². The molecule has 12 nitrogen and oxygen atoms in total. The Morgan fingerprint density at radius 1 is 1.08 bits per heavy atom. The van der Waals surface area contributed by atoms with Crippen LogP contribution in [0.15, 0.2) is 71.8 Å². The molecular formula is C33H36ClF3N10O2. The molecule has 49 heavy (non-hydrogen) atoms. The van der Waals surface area contributed by atoms with Crippen molar-refractivity contribution in [1.82, 2.24) is 29.6 Å². The summed E-state index contributed by atoms with van der Waals surface area (Å²) in [5.41, 5.74) is 6.38. The molecule has 3 aromatic heterocycles. The van der Waals surface area contributed by atoms with Crippen LogP contribution in [0, 0.1) is 5.92 Å². The average Bonchev–Trinajstić information content (AvgIpc) is 3.50. The third-order valence-corrected chi connectivity index (χ3v) is 9.16. The molecule has 0 saturated carbocycles. The summed E-state index contributed by atoms with van der Waals surface area (Å²) in [5, 5.41) is 12.3. The summed E-state index contributed by atoms with van der Waals surface area (Å²) in [6.45, 7) is 3.63. The van der Waals surface area contributed by atoms with Gasteiger partial charge in [0.15, 0.2) is 0 Å². The molecule has 0 spiro atoms. The van der Waals surface area contributed by atoms with Crippen LogP contribution in [0.3, 0.4) is 0 Å². The number of hydrogen-bond acceptors (Lipinski definition) is 9. The summed E-state index contributed by atoms with van der Waals surface area (Å²) in [4.78, 5) is 36.2. The van der Waals surface area contributed by atoms with E-state index in [4.69, 9.17) is 28.3 Å². The number of amides is 1. The van der Waals surface area contributed by atoms with Crippen molar-refractivity contribution in [3.8, 4) is 22.5 Å². The first-order chi connectivity index (χ1) is 23.4. The first kappa shape index (κ1) is 34.1. The maximum Gasteiger partial charge on any atom is 0.432 e. The van der Waals surface area contributed by atoms with Crippen LogP contribution in [-0.2, 0) is 4.79 Å². The van der Waals surface area contributed by atoms with Gasteiger partial charge in [-0.15, -0.1) is 0 Å². The summed E-state index contributed by atoms with van der Waals surface area (Å²) in [7, 11) is 0. The molecular weight excluding hydrogens is 661 g/mol. The van der Waals surface area contributed by atoms with E-state index < -0.39 is 23.5 Å². The predicted octanol–water partition coefficient (Wildman–Crippen LogP) is 5.14. The Morgan fingerprint density at radius 2 is 1.86 bits per heavy atom. The minimum Gasteiger partial charge on any atom is -0.393 e. The maximum absolute atomic E-state index is 13.8. The number of nitrogens with zero attached hydrogens (tertiary/aromatic N) is 6. The molecule has 1 aromatic carbocycles. The number of alkyl halides is 3. The average molecular weight is 697 g/mol. The predicted molar refractivity (Wildman–Crippen MR) is 180 cm³/mol. The van der Waals surface area contributed by atoms with Gasteiger partial charge >= 0.3 is 6.18 Å². The van der Waals surface area contributed by atoms with Crippen molar-refractivity contribution < 1.29 is 18.0 Å². The first-order valence-electron chi connectivity index (χ1n) is 15.9. The van der Waals surface area contributed by atoms with E-state index in [9.17, 15) is 22.8 Å². The lowest BCUT2D eigenvalue weighted by atomic mass is 9.97. The number of hydrazine groups is 1. The molecule has 6 rings (SSSR count). The number of carbonyl (C=O) groups excluding carboxylic acids is 1. The molecule has 0 radical (unpaired) electrons. The molecule has 5 heterocycles. The van der Waals surface area contributed by atoms with Gasteiger partial charge in [0, 0.05) is 46.7 Å². The number of pyridine rings is 1. The molecule has 0 aliphatic carbocycles. The molecule has 16 heteroatoms. The number of fused-ring (bicyclic) bond motifs is 4. The Labute approximate surface area is 284 Å². The van der Waals surface area contributed by atoms with E-state index >= 15 is 0 Å². The standard InChI is InChI=1S/C33H36ClF3N10O2/c1-19-3-2-4-28(25-13-20(7-12-41-25)31-26(43-32(19)49)16-47(44-31)22-8-10-40-11-9-22)45-18-42-24(15-30(45)48)23-14-21(34)5-6-27(23)46(39)17-29(38)33(35,36)37/h5-7,12-19,22,28,40H,2-4,8-11,38-39H2,1H3,(H,43,49)/b29-17-. The number of nitrogens with one attached hydrogen (secondary N) is 2. The molecule has 1 saturated heterocycles. The van der Waals surface area contributed by atoms with Gasteiger partial charge in [0.1, 0.15) is 11.4 Å². The van der Waals surface area contributed by atoms with E-state index in [1.54, 1.807) is 6.20 Å². The smallest absolute Gasteiger partial charge is 0.393 e. The summed E-state index contributed by atoms with van der Waals surface area (Å²) >= 11 is 6.23. The zero-order valence-electron chi connectivity index (χ0n) is 26.6. The molecule has 258 valence electrons. The fraction of sp³-hybridized carbons (Fsp3) is 0.364. The zero-order chi connectivity index (χ0) is 34.9. The van der Waals surface area contributed by atoms with Gasteiger partial charge in [-0.1, -0.05) is 24.9 Å². The van der Waals surface area contributed by atoms with E-state index in [0.717, 1.165) is 31.5 Å². The van der Waals surface area contributed by atoms with Gasteiger partial charge in [0.2, 0.25) is 5.91 Å². The van der Waals surface area contributed by atoms with Crippen LogP contribution in [0.2, 0.25) is 5.02 Å². The highest BCUT2D eigenvalue weighted by molar-refractivity contribution is 6.31. The van der Waals surface area contributed by atoms with Gasteiger partial charge in [-0.3, -0.25) is 28.8 Å². The van der Waals surface area contributed by atoms with Gasteiger partial charge in [0.05, 0.1) is 41.2 Å². The Balaban J connectivity index is 1.39. The molecule has 2 atom stereocenters. The van der Waals surface area contributed by atoms with E-state index in [-0.39, 0.29) is 39.8 Å². The maximum atomic E-state index is 13.8. The quantitative estimate of drug-likeness (QED) is 0.164. The SMILES string of the molecule is CC1CCCC(n2cnc(-c3cc(Cl)ccc3N(N)/C=C(\N)C(F)(F)F)cc2=O)c2cc(ccn2)-c2nn(C3CCNCC3)cc2NC1=O. The summed E-state index contributed by atoms with van der Waals surface area (Å²) < 4.78 is 42.7. The Kier molecular flexibility index (Phi) is 9.77. The van der Waals surface area contributed by atoms with Crippen molar-refractivity contribution >= 4 is 28.9 Å². The lowest BCUT2D eigenvalue weighted by molar-refractivity contribution is -0.119. The normalized spacial score (nSPS) is 19.4. The van der Waals surface area contributed by atoms with Crippen LogP contribution in [-0.4, -0.2) is 49.5 Å². The van der Waals surface area contributed by atoms with Crippen LogP contribution in [0.1, 0.15) is 56.8 Å². The number of hydrogen-bond donors (Lipinski definition) is 4. The van der Waals surface area contributed by atoms with E-state index in [1.807, 2.05) is 29.9 Å². The van der Waals surface area contributed by atoms with Crippen LogP contribution in [0.25, 0.3) is 22.5 Å². The minimum atomic E-state index is -4.79. The lowest BCUT2D eigenvalue weighted by Gasteiger charge is -2.23. The highest BCUT2D eigenvalue weighted by Crippen LogP contribution is 2.35. The topological polar surface area (TPSA) is 162 Å². The van der Waals surface area contributed by atoms with Gasteiger partial charge < -0.3 is 16.4 Å². The summed E-state index contributed by atoms with van der Waals surface area (Å²) in [6.07, 6.45) is 4.15. The number of benzene rings is 1. The second-order valence-corrected chi connectivity index (χ2v) is 12.8. The molecule has 2 unspecified atom stereocenters. The fourth-order valence-electron chi connectivity index (χ4n) is 6.19. The molecule has 2 bridgehead atoms. The van der Waals surface area contributed by atoms with Crippen LogP contribution in [0.5, 0.6) is 0 Å².